The van der Waals surface area contributed by atoms with Gasteiger partial charge in [0.2, 0.25) is 0 Å². The summed E-state index contributed by atoms with van der Waals surface area (Å²) < 4.78 is 0. The average Bonchev–Trinajstić information content (AvgIpc) is 2.68. The van der Waals surface area contributed by atoms with Crippen LogP contribution < -0.4 is 5.73 Å². The van der Waals surface area contributed by atoms with Gasteiger partial charge in [-0.15, -0.1) is 8.58 Å². The topological polar surface area (TPSA) is 26.0 Å². The molecule has 0 aliphatic heterocycles. The zero-order valence-electron chi connectivity index (χ0n) is 17.7. The Kier molecular flexibility index (Phi) is 26.0. The molecule has 0 spiro atoms. The molecular weight excluding hydrogens is 380 g/mol. The lowest BCUT2D eigenvalue weighted by Crippen LogP contribution is -2.13. The minimum atomic E-state index is 0.132. The molecule has 2 aromatic rings. The van der Waals surface area contributed by atoms with Crippen LogP contribution in [0.15, 0.2) is 48.5 Å². The normalized spacial score (nSPS) is 9.50. The van der Waals surface area contributed by atoms with Crippen LogP contribution in [-0.2, 0) is 0 Å². The van der Waals surface area contributed by atoms with E-state index in [0.29, 0.717) is 16.6 Å². The molecule has 0 heterocycles. The van der Waals surface area contributed by atoms with Crippen molar-refractivity contribution < 1.29 is 0 Å². The maximum atomic E-state index is 6.01. The van der Waals surface area contributed by atoms with E-state index in [4.69, 9.17) is 28.9 Å². The lowest BCUT2D eigenvalue weighted by Gasteiger charge is -2.16. The van der Waals surface area contributed by atoms with Gasteiger partial charge in [-0.3, -0.25) is 0 Å². The summed E-state index contributed by atoms with van der Waals surface area (Å²) in [5.41, 5.74) is 8.08. The van der Waals surface area contributed by atoms with Crippen LogP contribution in [0.3, 0.4) is 0 Å². The SMILES string of the molecule is CC.CC.CC.CPC.NCC(c1ccccc1)c1cc(Cl)cc(Cl)c1. The summed E-state index contributed by atoms with van der Waals surface area (Å²) in [4.78, 5) is 0. The van der Waals surface area contributed by atoms with Crippen molar-refractivity contribution in [3.63, 3.8) is 0 Å². The Morgan fingerprint density at radius 3 is 1.50 bits per heavy atom. The van der Waals surface area contributed by atoms with E-state index in [1.807, 2.05) is 71.9 Å². The zero-order chi connectivity index (χ0) is 21.0. The van der Waals surface area contributed by atoms with E-state index in [1.54, 1.807) is 6.07 Å². The molecule has 1 atom stereocenters. The zero-order valence-corrected chi connectivity index (χ0v) is 20.2. The van der Waals surface area contributed by atoms with Gasteiger partial charge in [-0.1, -0.05) is 95.1 Å². The van der Waals surface area contributed by atoms with Crippen LogP contribution in [0.4, 0.5) is 0 Å². The van der Waals surface area contributed by atoms with Gasteiger partial charge in [0.1, 0.15) is 0 Å². The van der Waals surface area contributed by atoms with Gasteiger partial charge in [0, 0.05) is 22.5 Å². The summed E-state index contributed by atoms with van der Waals surface area (Å²) in [5, 5.41) is 1.28. The highest BCUT2D eigenvalue weighted by Gasteiger charge is 2.13. The molecule has 2 aromatic carbocycles. The van der Waals surface area contributed by atoms with E-state index in [2.05, 4.69) is 25.5 Å². The van der Waals surface area contributed by atoms with Crippen molar-refractivity contribution in [3.8, 4) is 0 Å². The van der Waals surface area contributed by atoms with E-state index in [0.717, 1.165) is 14.1 Å². The predicted molar refractivity (Wildman–Crippen MR) is 128 cm³/mol. The largest absolute Gasteiger partial charge is 0.330 e. The third-order valence-electron chi connectivity index (χ3n) is 2.72. The maximum Gasteiger partial charge on any atom is 0.0423 e. The van der Waals surface area contributed by atoms with Crippen LogP contribution in [0.1, 0.15) is 58.6 Å². The van der Waals surface area contributed by atoms with E-state index in [-0.39, 0.29) is 5.92 Å². The quantitative estimate of drug-likeness (QED) is 0.501. The van der Waals surface area contributed by atoms with Gasteiger partial charge < -0.3 is 5.73 Å². The third-order valence-corrected chi connectivity index (χ3v) is 3.16. The van der Waals surface area contributed by atoms with Gasteiger partial charge in [-0.05, 0) is 42.7 Å². The highest BCUT2D eigenvalue weighted by molar-refractivity contribution is 7.35. The summed E-state index contributed by atoms with van der Waals surface area (Å²) >= 11 is 12.0. The van der Waals surface area contributed by atoms with Crippen molar-refractivity contribution in [1.29, 1.82) is 0 Å². The van der Waals surface area contributed by atoms with E-state index >= 15 is 0 Å². The van der Waals surface area contributed by atoms with Gasteiger partial charge >= 0.3 is 0 Å². The molecule has 0 saturated carbocycles. The molecule has 0 bridgehead atoms. The average molecular weight is 418 g/mol. The van der Waals surface area contributed by atoms with Crippen molar-refractivity contribution >= 4 is 31.8 Å². The van der Waals surface area contributed by atoms with Crippen LogP contribution in [-0.4, -0.2) is 19.9 Å². The Morgan fingerprint density at radius 1 is 0.769 bits per heavy atom. The van der Waals surface area contributed by atoms with Gasteiger partial charge in [0.15, 0.2) is 0 Å². The van der Waals surface area contributed by atoms with Gasteiger partial charge in [-0.2, -0.15) is 0 Å². The van der Waals surface area contributed by atoms with Gasteiger partial charge in [-0.25, -0.2) is 0 Å². The molecule has 0 amide bonds. The fourth-order valence-corrected chi connectivity index (χ4v) is 2.47. The standard InChI is InChI=1S/C14H13Cl2N.C2H7P.3C2H6/c15-12-6-11(7-13(16)8-12)14(9-17)10-4-2-1-3-5-10;1-3-2;3*1-2/h1-8,14H,9,17H2;3H,1-2H3;3*1-2H3. The van der Waals surface area contributed by atoms with Crippen molar-refractivity contribution in [2.45, 2.75) is 47.5 Å². The van der Waals surface area contributed by atoms with Crippen LogP contribution in [0.5, 0.6) is 0 Å². The Labute approximate surface area is 174 Å². The first-order valence-corrected chi connectivity index (χ1v) is 12.2. The Morgan fingerprint density at radius 2 is 1.15 bits per heavy atom. The smallest absolute Gasteiger partial charge is 0.0423 e. The minimum absolute atomic E-state index is 0.132. The summed E-state index contributed by atoms with van der Waals surface area (Å²) in [5.74, 6) is 0.132. The predicted octanol–water partition coefficient (Wildman–Crippen LogP) is 8.09. The third kappa shape index (κ3) is 13.6. The maximum absolute atomic E-state index is 6.01. The lowest BCUT2D eigenvalue weighted by atomic mass is 9.91. The highest BCUT2D eigenvalue weighted by Crippen LogP contribution is 2.28. The molecule has 0 aromatic heterocycles. The number of hydrogen-bond donors (Lipinski definition) is 1. The van der Waals surface area contributed by atoms with E-state index < -0.39 is 0 Å². The summed E-state index contributed by atoms with van der Waals surface area (Å²) in [7, 11) is 1.08. The molecule has 1 nitrogen and oxygen atoms in total. The molecule has 150 valence electrons. The summed E-state index contributed by atoms with van der Waals surface area (Å²) in [6.07, 6.45) is 0. The molecule has 0 aliphatic rings. The number of rotatable bonds is 3. The van der Waals surface area contributed by atoms with Gasteiger partial charge in [0.05, 0.1) is 0 Å². The lowest BCUT2D eigenvalue weighted by molar-refractivity contribution is 0.819. The number of benzene rings is 2. The Balaban J connectivity index is -0.000000509. The minimum Gasteiger partial charge on any atom is -0.330 e. The fourth-order valence-electron chi connectivity index (χ4n) is 1.93. The molecule has 2 rings (SSSR count). The number of hydrogen-bond acceptors (Lipinski definition) is 1. The Hall–Kier alpha value is -0.590. The van der Waals surface area contributed by atoms with Crippen LogP contribution in [0, 0.1) is 0 Å². The van der Waals surface area contributed by atoms with Crippen LogP contribution in [0.2, 0.25) is 10.0 Å². The monoisotopic (exact) mass is 417 g/mol. The van der Waals surface area contributed by atoms with Gasteiger partial charge in [0.25, 0.3) is 0 Å². The second-order valence-electron chi connectivity index (χ2n) is 4.40. The second kappa shape index (κ2) is 22.5. The molecule has 4 heteroatoms. The summed E-state index contributed by atoms with van der Waals surface area (Å²) in [6.45, 7) is 16.8. The molecule has 2 N–H and O–H groups in total. The molecule has 0 fully saturated rings. The van der Waals surface area contributed by atoms with E-state index in [1.165, 1.54) is 5.56 Å². The first-order valence-electron chi connectivity index (χ1n) is 9.41. The first-order chi connectivity index (χ1) is 12.6. The molecule has 0 aliphatic carbocycles. The van der Waals surface area contributed by atoms with Crippen LogP contribution in [0.25, 0.3) is 0 Å². The van der Waals surface area contributed by atoms with Crippen molar-refractivity contribution in [1.82, 2.24) is 0 Å². The Bertz CT molecular complexity index is 499. The van der Waals surface area contributed by atoms with Crippen molar-refractivity contribution in [2.75, 3.05) is 19.9 Å². The molecule has 26 heavy (non-hydrogen) atoms. The summed E-state index contributed by atoms with van der Waals surface area (Å²) in [6, 6.07) is 15.7. The fraction of sp³-hybridized carbons (Fsp3) is 0.455. The number of halogens is 2. The van der Waals surface area contributed by atoms with Crippen LogP contribution >= 0.6 is 31.8 Å². The first kappa shape index (κ1) is 30.1. The molecular formula is C22H38Cl2NP. The van der Waals surface area contributed by atoms with Crippen molar-refractivity contribution in [2.24, 2.45) is 5.73 Å². The molecule has 0 radical (unpaired) electrons. The number of nitrogens with two attached hydrogens (primary N) is 1. The molecule has 0 saturated heterocycles. The van der Waals surface area contributed by atoms with E-state index in [9.17, 15) is 0 Å². The second-order valence-corrected chi connectivity index (χ2v) is 6.27. The highest BCUT2D eigenvalue weighted by atomic mass is 35.5. The molecule has 1 unspecified atom stereocenters. The van der Waals surface area contributed by atoms with Crippen molar-refractivity contribution in [3.05, 3.63) is 69.7 Å².